The van der Waals surface area contributed by atoms with Gasteiger partial charge in [0, 0.05) is 29.7 Å². The van der Waals surface area contributed by atoms with Crippen LogP contribution >= 0.6 is 0 Å². The van der Waals surface area contributed by atoms with Gasteiger partial charge >= 0.3 is 0 Å². The van der Waals surface area contributed by atoms with Crippen LogP contribution < -0.4 is 5.32 Å². The Labute approximate surface area is 118 Å². The molecule has 0 bridgehead atoms. The van der Waals surface area contributed by atoms with E-state index >= 15 is 0 Å². The molecule has 2 heterocycles. The highest BCUT2D eigenvalue weighted by Gasteiger charge is 2.22. The molecule has 0 radical (unpaired) electrons. The number of aromatic nitrogens is 1. The molecule has 1 unspecified atom stereocenters. The number of hydrogen-bond donors (Lipinski definition) is 1. The minimum absolute atomic E-state index is 0.459. The molecule has 1 atom stereocenters. The van der Waals surface area contributed by atoms with Crippen molar-refractivity contribution in [3.8, 4) is 0 Å². The standard InChI is InChI=1S/C18H16N2/c1-3-7-17-15(5-1)13(9-11-19-17)14-10-12-20-18-8-4-2-6-16(14)18/h1-9,11,14,20H,10,12H2. The first kappa shape index (κ1) is 11.5. The average Bonchev–Trinajstić information content (AvgIpc) is 2.54. The molecule has 0 saturated heterocycles. The summed E-state index contributed by atoms with van der Waals surface area (Å²) in [5, 5.41) is 4.77. The molecule has 2 heteroatoms. The van der Waals surface area contributed by atoms with Crippen molar-refractivity contribution in [1.29, 1.82) is 0 Å². The highest BCUT2D eigenvalue weighted by atomic mass is 14.9. The average molecular weight is 260 g/mol. The fourth-order valence-corrected chi connectivity index (χ4v) is 3.21. The van der Waals surface area contributed by atoms with Gasteiger partial charge in [0.25, 0.3) is 0 Å². The van der Waals surface area contributed by atoms with Gasteiger partial charge in [0.15, 0.2) is 0 Å². The minimum Gasteiger partial charge on any atom is -0.385 e. The zero-order chi connectivity index (χ0) is 13.4. The van der Waals surface area contributed by atoms with Gasteiger partial charge in [-0.3, -0.25) is 4.98 Å². The van der Waals surface area contributed by atoms with Crippen molar-refractivity contribution in [2.45, 2.75) is 12.3 Å². The molecule has 2 aromatic carbocycles. The number of nitrogens with one attached hydrogen (secondary N) is 1. The zero-order valence-electron chi connectivity index (χ0n) is 11.2. The van der Waals surface area contributed by atoms with Crippen molar-refractivity contribution in [2.75, 3.05) is 11.9 Å². The molecule has 1 aliphatic rings. The van der Waals surface area contributed by atoms with Crippen LogP contribution in [0.2, 0.25) is 0 Å². The molecular formula is C18H16N2. The lowest BCUT2D eigenvalue weighted by Gasteiger charge is -2.27. The Morgan fingerprint density at radius 2 is 1.75 bits per heavy atom. The fraction of sp³-hybridized carbons (Fsp3) is 0.167. The van der Waals surface area contributed by atoms with Crippen molar-refractivity contribution in [3.63, 3.8) is 0 Å². The number of pyridine rings is 1. The van der Waals surface area contributed by atoms with Crippen molar-refractivity contribution >= 4 is 16.6 Å². The lowest BCUT2D eigenvalue weighted by atomic mass is 9.84. The van der Waals surface area contributed by atoms with Gasteiger partial charge in [-0.1, -0.05) is 36.4 Å². The van der Waals surface area contributed by atoms with Gasteiger partial charge in [0.1, 0.15) is 0 Å². The van der Waals surface area contributed by atoms with E-state index in [2.05, 4.69) is 64.9 Å². The van der Waals surface area contributed by atoms with E-state index in [1.54, 1.807) is 0 Å². The molecule has 0 aliphatic carbocycles. The molecule has 0 spiro atoms. The van der Waals surface area contributed by atoms with Gasteiger partial charge in [-0.25, -0.2) is 0 Å². The minimum atomic E-state index is 0.459. The number of para-hydroxylation sites is 2. The second-order valence-corrected chi connectivity index (χ2v) is 5.27. The van der Waals surface area contributed by atoms with E-state index in [4.69, 9.17) is 0 Å². The van der Waals surface area contributed by atoms with Crippen LogP contribution in [0.4, 0.5) is 5.69 Å². The molecule has 2 nitrogen and oxygen atoms in total. The van der Waals surface area contributed by atoms with E-state index in [0.717, 1.165) is 18.5 Å². The van der Waals surface area contributed by atoms with E-state index in [1.807, 2.05) is 6.20 Å². The van der Waals surface area contributed by atoms with Crippen LogP contribution in [-0.4, -0.2) is 11.5 Å². The van der Waals surface area contributed by atoms with Crippen molar-refractivity contribution < 1.29 is 0 Å². The van der Waals surface area contributed by atoms with Gasteiger partial charge < -0.3 is 5.32 Å². The molecule has 4 rings (SSSR count). The van der Waals surface area contributed by atoms with Gasteiger partial charge in [-0.15, -0.1) is 0 Å². The zero-order valence-corrected chi connectivity index (χ0v) is 11.2. The Kier molecular flexibility index (Phi) is 2.66. The number of anilines is 1. The molecule has 1 N–H and O–H groups in total. The molecule has 0 amide bonds. The van der Waals surface area contributed by atoms with Crippen LogP contribution in [-0.2, 0) is 0 Å². The summed E-state index contributed by atoms with van der Waals surface area (Å²) in [5.41, 5.74) is 5.14. The number of nitrogens with zero attached hydrogens (tertiary/aromatic N) is 1. The number of benzene rings is 2. The van der Waals surface area contributed by atoms with Crippen LogP contribution in [0.3, 0.4) is 0 Å². The van der Waals surface area contributed by atoms with E-state index in [-0.39, 0.29) is 0 Å². The quantitative estimate of drug-likeness (QED) is 0.710. The van der Waals surface area contributed by atoms with E-state index in [9.17, 15) is 0 Å². The van der Waals surface area contributed by atoms with Crippen molar-refractivity contribution in [1.82, 2.24) is 4.98 Å². The first-order chi connectivity index (χ1) is 9.93. The second-order valence-electron chi connectivity index (χ2n) is 5.27. The molecule has 98 valence electrons. The highest BCUT2D eigenvalue weighted by molar-refractivity contribution is 5.83. The summed E-state index contributed by atoms with van der Waals surface area (Å²) in [6, 6.07) is 19.2. The summed E-state index contributed by atoms with van der Waals surface area (Å²) < 4.78 is 0. The maximum Gasteiger partial charge on any atom is 0.0704 e. The van der Waals surface area contributed by atoms with Crippen LogP contribution in [0, 0.1) is 0 Å². The van der Waals surface area contributed by atoms with Gasteiger partial charge in [0.05, 0.1) is 5.52 Å². The monoisotopic (exact) mass is 260 g/mol. The molecule has 1 aliphatic heterocycles. The molecule has 20 heavy (non-hydrogen) atoms. The summed E-state index contributed by atoms with van der Waals surface area (Å²) in [6.45, 7) is 1.03. The number of fused-ring (bicyclic) bond motifs is 2. The van der Waals surface area contributed by atoms with Crippen molar-refractivity contribution in [3.05, 3.63) is 71.9 Å². The van der Waals surface area contributed by atoms with Crippen molar-refractivity contribution in [2.24, 2.45) is 0 Å². The topological polar surface area (TPSA) is 24.9 Å². The molecule has 0 fully saturated rings. The Balaban J connectivity index is 1.93. The third-order valence-corrected chi connectivity index (χ3v) is 4.14. The Morgan fingerprint density at radius 1 is 0.900 bits per heavy atom. The summed E-state index contributed by atoms with van der Waals surface area (Å²) in [7, 11) is 0. The molecule has 1 aromatic heterocycles. The van der Waals surface area contributed by atoms with E-state index in [1.165, 1.54) is 22.2 Å². The van der Waals surface area contributed by atoms with E-state index in [0.29, 0.717) is 5.92 Å². The first-order valence-electron chi connectivity index (χ1n) is 7.10. The third kappa shape index (κ3) is 1.76. The summed E-state index contributed by atoms with van der Waals surface area (Å²) >= 11 is 0. The fourth-order valence-electron chi connectivity index (χ4n) is 3.21. The Bertz CT molecular complexity index is 759. The second kappa shape index (κ2) is 4.64. The maximum absolute atomic E-state index is 4.48. The van der Waals surface area contributed by atoms with Crippen LogP contribution in [0.15, 0.2) is 60.8 Å². The van der Waals surface area contributed by atoms with Crippen LogP contribution in [0.1, 0.15) is 23.5 Å². The smallest absolute Gasteiger partial charge is 0.0704 e. The predicted molar refractivity (Wildman–Crippen MR) is 83.1 cm³/mol. The third-order valence-electron chi connectivity index (χ3n) is 4.14. The lowest BCUT2D eigenvalue weighted by molar-refractivity contribution is 0.724. The molecular weight excluding hydrogens is 244 g/mol. The van der Waals surface area contributed by atoms with Crippen LogP contribution in [0.5, 0.6) is 0 Å². The normalized spacial score (nSPS) is 17.5. The first-order valence-corrected chi connectivity index (χ1v) is 7.10. The summed E-state index contributed by atoms with van der Waals surface area (Å²) in [5.74, 6) is 0.459. The Morgan fingerprint density at radius 3 is 2.75 bits per heavy atom. The lowest BCUT2D eigenvalue weighted by Crippen LogP contribution is -2.17. The van der Waals surface area contributed by atoms with Crippen LogP contribution in [0.25, 0.3) is 10.9 Å². The SMILES string of the molecule is c1ccc2c(c1)NCCC2c1ccnc2ccccc12. The van der Waals surface area contributed by atoms with Gasteiger partial charge in [0.2, 0.25) is 0 Å². The number of hydrogen-bond acceptors (Lipinski definition) is 2. The number of rotatable bonds is 1. The molecule has 0 saturated carbocycles. The maximum atomic E-state index is 4.48. The van der Waals surface area contributed by atoms with E-state index < -0.39 is 0 Å². The Hall–Kier alpha value is -2.35. The summed E-state index contributed by atoms with van der Waals surface area (Å²) in [6.07, 6.45) is 3.06. The van der Waals surface area contributed by atoms with Gasteiger partial charge in [-0.05, 0) is 35.7 Å². The predicted octanol–water partition coefficient (Wildman–Crippen LogP) is 4.18. The van der Waals surface area contributed by atoms with Gasteiger partial charge in [-0.2, -0.15) is 0 Å². The summed E-state index contributed by atoms with van der Waals surface area (Å²) in [4.78, 5) is 4.48. The largest absolute Gasteiger partial charge is 0.385 e. The highest BCUT2D eigenvalue weighted by Crippen LogP contribution is 2.38. The molecule has 3 aromatic rings.